The highest BCUT2D eigenvalue weighted by atomic mass is 19.1. The number of halogens is 2. The van der Waals surface area contributed by atoms with Crippen LogP contribution in [0.25, 0.3) is 0 Å². The standard InChI is InChI=1S/C14H19F2NO/c15-11-6-5-7-12(16)13(11)17-10-14(18)8-3-1-2-4-9-14/h5-7,17-18H,1-4,8-10H2. The van der Waals surface area contributed by atoms with E-state index in [0.29, 0.717) is 12.8 Å². The van der Waals surface area contributed by atoms with Gasteiger partial charge in [0.2, 0.25) is 0 Å². The van der Waals surface area contributed by atoms with E-state index >= 15 is 0 Å². The minimum absolute atomic E-state index is 0.143. The normalized spacial score (nSPS) is 19.3. The van der Waals surface area contributed by atoms with Crippen molar-refractivity contribution in [1.29, 1.82) is 0 Å². The van der Waals surface area contributed by atoms with Crippen LogP contribution in [0.15, 0.2) is 18.2 Å². The quantitative estimate of drug-likeness (QED) is 0.811. The lowest BCUT2D eigenvalue weighted by atomic mass is 9.94. The Labute approximate surface area is 106 Å². The highest BCUT2D eigenvalue weighted by Crippen LogP contribution is 2.28. The van der Waals surface area contributed by atoms with E-state index in [4.69, 9.17) is 0 Å². The van der Waals surface area contributed by atoms with Crippen molar-refractivity contribution in [3.63, 3.8) is 0 Å². The fourth-order valence-electron chi connectivity index (χ4n) is 2.48. The second kappa shape index (κ2) is 5.65. The molecule has 0 atom stereocenters. The number of rotatable bonds is 3. The van der Waals surface area contributed by atoms with Crippen molar-refractivity contribution in [1.82, 2.24) is 0 Å². The molecule has 100 valence electrons. The van der Waals surface area contributed by atoms with Crippen molar-refractivity contribution >= 4 is 5.69 Å². The summed E-state index contributed by atoms with van der Waals surface area (Å²) in [5, 5.41) is 13.1. The molecule has 1 aromatic carbocycles. The third-order valence-electron chi connectivity index (χ3n) is 3.59. The summed E-state index contributed by atoms with van der Waals surface area (Å²) in [5.41, 5.74) is -0.985. The van der Waals surface area contributed by atoms with Crippen LogP contribution in [-0.2, 0) is 0 Å². The van der Waals surface area contributed by atoms with Gasteiger partial charge >= 0.3 is 0 Å². The Hall–Kier alpha value is -1.16. The van der Waals surface area contributed by atoms with Crippen LogP contribution < -0.4 is 5.32 Å². The summed E-state index contributed by atoms with van der Waals surface area (Å²) in [7, 11) is 0. The molecule has 1 saturated carbocycles. The van der Waals surface area contributed by atoms with Crippen molar-refractivity contribution in [2.75, 3.05) is 11.9 Å². The molecule has 0 bridgehead atoms. The van der Waals surface area contributed by atoms with Crippen molar-refractivity contribution in [2.45, 2.75) is 44.1 Å². The second-order valence-corrected chi connectivity index (χ2v) is 5.09. The maximum atomic E-state index is 13.4. The van der Waals surface area contributed by atoms with Crippen LogP contribution in [-0.4, -0.2) is 17.3 Å². The largest absolute Gasteiger partial charge is 0.388 e. The van der Waals surface area contributed by atoms with E-state index in [1.807, 2.05) is 0 Å². The molecule has 1 aliphatic rings. The first-order valence-corrected chi connectivity index (χ1v) is 6.51. The van der Waals surface area contributed by atoms with Gasteiger partial charge in [-0.15, -0.1) is 0 Å². The molecule has 0 aliphatic heterocycles. The molecule has 4 heteroatoms. The van der Waals surface area contributed by atoms with E-state index in [0.717, 1.165) is 25.7 Å². The van der Waals surface area contributed by atoms with Crippen molar-refractivity contribution < 1.29 is 13.9 Å². The first-order valence-electron chi connectivity index (χ1n) is 6.51. The van der Waals surface area contributed by atoms with E-state index in [2.05, 4.69) is 5.32 Å². The Morgan fingerprint density at radius 1 is 1.06 bits per heavy atom. The van der Waals surface area contributed by atoms with Crippen LogP contribution >= 0.6 is 0 Å². The predicted octanol–water partition coefficient (Wildman–Crippen LogP) is 3.46. The predicted molar refractivity (Wildman–Crippen MR) is 67.5 cm³/mol. The highest BCUT2D eigenvalue weighted by molar-refractivity contribution is 5.46. The van der Waals surface area contributed by atoms with E-state index in [9.17, 15) is 13.9 Å². The van der Waals surface area contributed by atoms with Crippen molar-refractivity contribution in [3.8, 4) is 0 Å². The van der Waals surface area contributed by atoms with E-state index in [1.54, 1.807) is 0 Å². The van der Waals surface area contributed by atoms with Crippen molar-refractivity contribution in [3.05, 3.63) is 29.8 Å². The van der Waals surface area contributed by atoms with Gasteiger partial charge in [0.05, 0.1) is 5.60 Å². The molecule has 0 aromatic heterocycles. The van der Waals surface area contributed by atoms with Crippen LogP contribution in [0.5, 0.6) is 0 Å². The van der Waals surface area contributed by atoms with Gasteiger partial charge < -0.3 is 10.4 Å². The summed E-state index contributed by atoms with van der Waals surface area (Å²) in [5.74, 6) is -1.24. The first kappa shape index (κ1) is 13.3. The Morgan fingerprint density at radius 2 is 1.61 bits per heavy atom. The summed E-state index contributed by atoms with van der Waals surface area (Å²) in [6, 6.07) is 3.75. The molecular formula is C14H19F2NO. The Kier molecular flexibility index (Phi) is 4.17. The molecule has 1 aromatic rings. The summed E-state index contributed by atoms with van der Waals surface area (Å²) < 4.78 is 26.9. The van der Waals surface area contributed by atoms with Crippen LogP contribution in [0.4, 0.5) is 14.5 Å². The Balaban J connectivity index is 2.02. The topological polar surface area (TPSA) is 32.3 Å². The third-order valence-corrected chi connectivity index (χ3v) is 3.59. The fourth-order valence-corrected chi connectivity index (χ4v) is 2.48. The summed E-state index contributed by atoms with van der Waals surface area (Å²) >= 11 is 0. The molecule has 1 aliphatic carbocycles. The van der Waals surface area contributed by atoms with Gasteiger partial charge in [0.25, 0.3) is 0 Å². The summed E-state index contributed by atoms with van der Waals surface area (Å²) in [6.45, 7) is 0.199. The molecule has 0 saturated heterocycles. The number of aliphatic hydroxyl groups is 1. The van der Waals surface area contributed by atoms with Gasteiger partial charge in [-0.05, 0) is 25.0 Å². The van der Waals surface area contributed by atoms with Gasteiger partial charge in [-0.2, -0.15) is 0 Å². The smallest absolute Gasteiger partial charge is 0.149 e. The molecule has 1 fully saturated rings. The van der Waals surface area contributed by atoms with Gasteiger partial charge in [0.1, 0.15) is 17.3 Å². The van der Waals surface area contributed by atoms with Gasteiger partial charge in [-0.25, -0.2) is 8.78 Å². The lowest BCUT2D eigenvalue weighted by Gasteiger charge is -2.27. The van der Waals surface area contributed by atoms with Gasteiger partial charge in [0.15, 0.2) is 0 Å². The SMILES string of the molecule is OC1(CNc2c(F)cccc2F)CCCCCC1. The van der Waals surface area contributed by atoms with Crippen molar-refractivity contribution in [2.24, 2.45) is 0 Å². The molecule has 0 unspecified atom stereocenters. The van der Waals surface area contributed by atoms with E-state index < -0.39 is 17.2 Å². The van der Waals surface area contributed by atoms with Crippen LogP contribution in [0.2, 0.25) is 0 Å². The van der Waals surface area contributed by atoms with E-state index in [1.165, 1.54) is 18.2 Å². The lowest BCUT2D eigenvalue weighted by molar-refractivity contribution is 0.0380. The minimum atomic E-state index is -0.842. The lowest BCUT2D eigenvalue weighted by Crippen LogP contribution is -2.36. The van der Waals surface area contributed by atoms with Gasteiger partial charge in [-0.1, -0.05) is 31.7 Å². The average molecular weight is 255 g/mol. The maximum absolute atomic E-state index is 13.4. The third kappa shape index (κ3) is 3.19. The molecule has 0 spiro atoms. The number of para-hydroxylation sites is 1. The molecular weight excluding hydrogens is 236 g/mol. The zero-order valence-corrected chi connectivity index (χ0v) is 10.4. The zero-order chi connectivity index (χ0) is 13.0. The fraction of sp³-hybridized carbons (Fsp3) is 0.571. The number of anilines is 1. The first-order chi connectivity index (χ1) is 8.61. The summed E-state index contributed by atoms with van der Waals surface area (Å²) in [6.07, 6.45) is 5.56. The number of benzene rings is 1. The van der Waals surface area contributed by atoms with Crippen LogP contribution in [0.3, 0.4) is 0 Å². The minimum Gasteiger partial charge on any atom is -0.388 e. The Morgan fingerprint density at radius 3 is 2.17 bits per heavy atom. The van der Waals surface area contributed by atoms with Crippen LogP contribution in [0, 0.1) is 11.6 Å². The maximum Gasteiger partial charge on any atom is 0.149 e. The molecule has 2 rings (SSSR count). The molecule has 18 heavy (non-hydrogen) atoms. The van der Waals surface area contributed by atoms with E-state index in [-0.39, 0.29) is 12.2 Å². The monoisotopic (exact) mass is 255 g/mol. The summed E-state index contributed by atoms with van der Waals surface area (Å²) in [4.78, 5) is 0. The number of hydrogen-bond donors (Lipinski definition) is 2. The molecule has 0 amide bonds. The van der Waals surface area contributed by atoms with Gasteiger partial charge in [-0.3, -0.25) is 0 Å². The van der Waals surface area contributed by atoms with Crippen LogP contribution in [0.1, 0.15) is 38.5 Å². The molecule has 0 radical (unpaired) electrons. The molecule has 0 heterocycles. The number of hydrogen-bond acceptors (Lipinski definition) is 2. The molecule has 2 nitrogen and oxygen atoms in total. The second-order valence-electron chi connectivity index (χ2n) is 5.09. The zero-order valence-electron chi connectivity index (χ0n) is 10.4. The molecule has 2 N–H and O–H groups in total. The average Bonchev–Trinajstić information content (AvgIpc) is 2.54. The van der Waals surface area contributed by atoms with Gasteiger partial charge in [0, 0.05) is 6.54 Å². The Bertz CT molecular complexity index is 381. The number of nitrogens with one attached hydrogen (secondary N) is 1. The highest BCUT2D eigenvalue weighted by Gasteiger charge is 2.28.